The number of aromatic nitrogens is 1. The van der Waals surface area contributed by atoms with Crippen molar-refractivity contribution in [2.75, 3.05) is 18.1 Å². The first-order valence-electron chi connectivity index (χ1n) is 5.00. The van der Waals surface area contributed by atoms with E-state index >= 15 is 0 Å². The molecule has 0 aliphatic heterocycles. The molecule has 0 aromatic carbocycles. The van der Waals surface area contributed by atoms with Crippen LogP contribution in [0.5, 0.6) is 0 Å². The topological polar surface area (TPSA) is 42.0 Å². The molecular weight excluding hydrogens is 289 g/mol. The second-order valence-corrected chi connectivity index (χ2v) is 5.95. The van der Waals surface area contributed by atoms with Gasteiger partial charge in [-0.05, 0) is 13.0 Å². The molecule has 1 heterocycles. The molecule has 0 bridgehead atoms. The first-order chi connectivity index (χ1) is 8.21. The molecule has 102 valence electrons. The van der Waals surface area contributed by atoms with Crippen molar-refractivity contribution >= 4 is 28.2 Å². The zero-order valence-corrected chi connectivity index (χ0v) is 11.3. The minimum Gasteiger partial charge on any atom is -0.368 e. The predicted octanol–water partition coefficient (Wildman–Crippen LogP) is 2.93. The molecule has 0 radical (unpaired) electrons. The highest BCUT2D eigenvalue weighted by atomic mass is 35.5. The van der Waals surface area contributed by atoms with Crippen molar-refractivity contribution in [3.8, 4) is 0 Å². The van der Waals surface area contributed by atoms with Crippen LogP contribution in [0.25, 0.3) is 0 Å². The van der Waals surface area contributed by atoms with Crippen molar-refractivity contribution in [1.82, 2.24) is 4.98 Å². The molecule has 3 nitrogen and oxygen atoms in total. The number of nitrogens with zero attached hydrogens (tertiary/aromatic N) is 1. The number of halogens is 4. The van der Waals surface area contributed by atoms with Crippen LogP contribution in [0.1, 0.15) is 12.5 Å². The Balaban J connectivity index is 2.78. The molecule has 0 spiro atoms. The Bertz CT molecular complexity index is 453. The molecule has 2 unspecified atom stereocenters. The molecule has 8 heteroatoms. The van der Waals surface area contributed by atoms with Gasteiger partial charge in [-0.25, -0.2) is 4.98 Å². The van der Waals surface area contributed by atoms with Crippen LogP contribution in [0.3, 0.4) is 0 Å². The van der Waals surface area contributed by atoms with Gasteiger partial charge in [0.15, 0.2) is 0 Å². The van der Waals surface area contributed by atoms with Gasteiger partial charge < -0.3 is 5.32 Å². The fourth-order valence-electron chi connectivity index (χ4n) is 1.08. The second-order valence-electron chi connectivity index (χ2n) is 3.74. The highest BCUT2D eigenvalue weighted by Gasteiger charge is 2.31. The fourth-order valence-corrected chi connectivity index (χ4v) is 1.63. The molecule has 1 aromatic rings. The average Bonchev–Trinajstić information content (AvgIpc) is 2.25. The summed E-state index contributed by atoms with van der Waals surface area (Å²) in [5.74, 6) is 0.155. The fraction of sp³-hybridized carbons (Fsp3) is 0.500. The molecule has 0 amide bonds. The Hall–Kier alpha value is -0.820. The van der Waals surface area contributed by atoms with Gasteiger partial charge in [0.2, 0.25) is 0 Å². The van der Waals surface area contributed by atoms with Gasteiger partial charge in [-0.1, -0.05) is 11.6 Å². The SMILES string of the molecule is CC(CNc1ncc(C(F)(F)F)cc1Cl)S(C)=O. The largest absolute Gasteiger partial charge is 0.417 e. The highest BCUT2D eigenvalue weighted by Crippen LogP contribution is 2.32. The zero-order valence-electron chi connectivity index (χ0n) is 9.71. The molecule has 2 atom stereocenters. The summed E-state index contributed by atoms with van der Waals surface area (Å²) in [7, 11) is -1.02. The van der Waals surface area contributed by atoms with Gasteiger partial charge in [0.25, 0.3) is 0 Å². The molecule has 1 aromatic heterocycles. The van der Waals surface area contributed by atoms with Crippen molar-refractivity contribution in [3.63, 3.8) is 0 Å². The smallest absolute Gasteiger partial charge is 0.368 e. The van der Waals surface area contributed by atoms with Gasteiger partial charge in [0.05, 0.1) is 10.6 Å². The predicted molar refractivity (Wildman–Crippen MR) is 66.3 cm³/mol. The van der Waals surface area contributed by atoms with E-state index in [1.807, 2.05) is 0 Å². The molecule has 0 saturated carbocycles. The number of hydrogen-bond donors (Lipinski definition) is 1. The maximum Gasteiger partial charge on any atom is 0.417 e. The van der Waals surface area contributed by atoms with Gasteiger partial charge in [-0.3, -0.25) is 4.21 Å². The molecule has 0 fully saturated rings. The number of alkyl halides is 3. The third-order valence-electron chi connectivity index (χ3n) is 2.29. The lowest BCUT2D eigenvalue weighted by Crippen LogP contribution is -2.21. The van der Waals surface area contributed by atoms with Crippen LogP contribution in [0.15, 0.2) is 12.3 Å². The van der Waals surface area contributed by atoms with Crippen LogP contribution >= 0.6 is 11.6 Å². The van der Waals surface area contributed by atoms with Crippen molar-refractivity contribution in [3.05, 3.63) is 22.8 Å². The quantitative estimate of drug-likeness (QED) is 0.929. The van der Waals surface area contributed by atoms with E-state index in [9.17, 15) is 17.4 Å². The number of pyridine rings is 1. The maximum atomic E-state index is 12.4. The summed E-state index contributed by atoms with van der Waals surface area (Å²) in [4.78, 5) is 3.61. The van der Waals surface area contributed by atoms with Crippen LogP contribution in [0.2, 0.25) is 5.02 Å². The third kappa shape index (κ3) is 4.13. The number of rotatable bonds is 4. The number of anilines is 1. The van der Waals surface area contributed by atoms with E-state index in [2.05, 4.69) is 10.3 Å². The molecule has 1 N–H and O–H groups in total. The molecule has 0 aliphatic carbocycles. The van der Waals surface area contributed by atoms with Crippen molar-refractivity contribution < 1.29 is 17.4 Å². The number of hydrogen-bond acceptors (Lipinski definition) is 3. The summed E-state index contributed by atoms with van der Waals surface area (Å²) < 4.78 is 48.2. The second kappa shape index (κ2) is 5.88. The van der Waals surface area contributed by atoms with Crippen molar-refractivity contribution in [2.24, 2.45) is 0 Å². The van der Waals surface area contributed by atoms with Crippen molar-refractivity contribution in [2.45, 2.75) is 18.3 Å². The van der Waals surface area contributed by atoms with Crippen molar-refractivity contribution in [1.29, 1.82) is 0 Å². The lowest BCUT2D eigenvalue weighted by atomic mass is 10.3. The van der Waals surface area contributed by atoms with Gasteiger partial charge in [-0.15, -0.1) is 0 Å². The first-order valence-corrected chi connectivity index (χ1v) is 7.00. The van der Waals surface area contributed by atoms with Crippen LogP contribution in [-0.2, 0) is 17.0 Å². The van der Waals surface area contributed by atoms with E-state index in [-0.39, 0.29) is 16.1 Å². The molecule has 0 saturated heterocycles. The van der Waals surface area contributed by atoms with Crippen LogP contribution < -0.4 is 5.32 Å². The summed E-state index contributed by atoms with van der Waals surface area (Å²) in [5, 5.41) is 2.51. The minimum atomic E-state index is -4.46. The monoisotopic (exact) mass is 300 g/mol. The highest BCUT2D eigenvalue weighted by molar-refractivity contribution is 7.84. The lowest BCUT2D eigenvalue weighted by Gasteiger charge is -2.13. The average molecular weight is 301 g/mol. The standard InChI is InChI=1S/C10H12ClF3N2OS/c1-6(18(2)17)4-15-9-8(11)3-7(5-16-9)10(12,13)14/h3,5-6H,4H2,1-2H3,(H,15,16). The normalized spacial score (nSPS) is 15.2. The van der Waals surface area contributed by atoms with E-state index in [0.717, 1.165) is 6.07 Å². The first kappa shape index (κ1) is 15.2. The third-order valence-corrected chi connectivity index (χ3v) is 3.88. The molecular formula is C10H12ClF3N2OS. The maximum absolute atomic E-state index is 12.4. The van der Waals surface area contributed by atoms with Crippen LogP contribution in [0, 0.1) is 0 Å². The van der Waals surface area contributed by atoms with E-state index in [0.29, 0.717) is 12.7 Å². The Morgan fingerprint density at radius 1 is 1.56 bits per heavy atom. The summed E-state index contributed by atoms with van der Waals surface area (Å²) in [6, 6.07) is 0.810. The van der Waals surface area contributed by atoms with Gasteiger partial charge >= 0.3 is 6.18 Å². The molecule has 0 aliphatic rings. The van der Waals surface area contributed by atoms with Gasteiger partial charge in [0.1, 0.15) is 5.82 Å². The van der Waals surface area contributed by atoms with Gasteiger partial charge in [-0.2, -0.15) is 13.2 Å². The molecule has 1 rings (SSSR count). The van der Waals surface area contributed by atoms with Crippen LogP contribution in [0.4, 0.5) is 19.0 Å². The lowest BCUT2D eigenvalue weighted by molar-refractivity contribution is -0.137. The molecule has 18 heavy (non-hydrogen) atoms. The summed E-state index contributed by atoms with van der Waals surface area (Å²) in [5.41, 5.74) is -0.898. The number of nitrogens with one attached hydrogen (secondary N) is 1. The Morgan fingerprint density at radius 3 is 2.61 bits per heavy atom. The summed E-state index contributed by atoms with van der Waals surface area (Å²) in [6.07, 6.45) is -2.21. The summed E-state index contributed by atoms with van der Waals surface area (Å²) in [6.45, 7) is 2.07. The Labute approximate surface area is 110 Å². The van der Waals surface area contributed by atoms with E-state index < -0.39 is 22.5 Å². The minimum absolute atomic E-state index is 0.112. The Morgan fingerprint density at radius 2 is 2.17 bits per heavy atom. The van der Waals surface area contributed by atoms with Gasteiger partial charge in [0, 0.05) is 35.0 Å². The zero-order chi connectivity index (χ0) is 13.9. The summed E-state index contributed by atoms with van der Waals surface area (Å²) >= 11 is 5.70. The van der Waals surface area contributed by atoms with E-state index in [1.54, 1.807) is 13.2 Å². The van der Waals surface area contributed by atoms with E-state index in [1.165, 1.54) is 0 Å². The Kier molecular flexibility index (Phi) is 4.98. The van der Waals surface area contributed by atoms with Crippen LogP contribution in [-0.4, -0.2) is 27.2 Å². The van der Waals surface area contributed by atoms with E-state index in [4.69, 9.17) is 11.6 Å².